The van der Waals surface area contributed by atoms with Crippen molar-refractivity contribution in [2.45, 2.75) is 33.1 Å². The minimum atomic E-state index is -0.476. The van der Waals surface area contributed by atoms with E-state index < -0.39 is 6.10 Å². The van der Waals surface area contributed by atoms with Gasteiger partial charge in [-0.1, -0.05) is 12.1 Å². The minimum Gasteiger partial charge on any atom is -0.489 e. The van der Waals surface area contributed by atoms with Gasteiger partial charge < -0.3 is 9.84 Å². The molecular formula is C14H18N2O2. The van der Waals surface area contributed by atoms with Crippen LogP contribution in [0, 0.1) is 0 Å². The summed E-state index contributed by atoms with van der Waals surface area (Å²) >= 11 is 0. The average Bonchev–Trinajstić information content (AvgIpc) is 2.84. The Balaban J connectivity index is 1.99. The number of aryl methyl sites for hydroxylation is 1. The number of aliphatic hydroxyl groups excluding tert-OH is 1. The summed E-state index contributed by atoms with van der Waals surface area (Å²) in [5, 5.41) is 13.7. The van der Waals surface area contributed by atoms with Crippen molar-refractivity contribution >= 4 is 0 Å². The van der Waals surface area contributed by atoms with E-state index in [1.54, 1.807) is 6.92 Å². The summed E-state index contributed by atoms with van der Waals surface area (Å²) in [6.45, 7) is 5.13. The Bertz CT molecular complexity index is 506. The molecule has 0 saturated heterocycles. The Morgan fingerprint density at radius 1 is 1.44 bits per heavy atom. The molecule has 0 aliphatic carbocycles. The standard InChI is InChI=1S/C14H18N2O2/c1-3-16-9-12(8-15-16)10-18-14-6-4-5-13(7-14)11(2)17/h4-9,11,17H,3,10H2,1-2H3. The molecule has 18 heavy (non-hydrogen) atoms. The molecule has 1 N–H and O–H groups in total. The molecule has 0 bridgehead atoms. The van der Waals surface area contributed by atoms with Gasteiger partial charge >= 0.3 is 0 Å². The highest BCUT2D eigenvalue weighted by atomic mass is 16.5. The van der Waals surface area contributed by atoms with E-state index >= 15 is 0 Å². The first-order valence-corrected chi connectivity index (χ1v) is 6.11. The van der Waals surface area contributed by atoms with Crippen LogP contribution in [0.3, 0.4) is 0 Å². The summed E-state index contributed by atoms with van der Waals surface area (Å²) in [6, 6.07) is 7.50. The normalized spacial score (nSPS) is 12.4. The third-order valence-corrected chi connectivity index (χ3v) is 2.76. The Morgan fingerprint density at radius 3 is 2.94 bits per heavy atom. The Labute approximate surface area is 107 Å². The molecule has 96 valence electrons. The highest BCUT2D eigenvalue weighted by Gasteiger charge is 2.03. The van der Waals surface area contributed by atoms with E-state index in [1.807, 2.05) is 48.3 Å². The van der Waals surface area contributed by atoms with Crippen molar-refractivity contribution in [1.29, 1.82) is 0 Å². The smallest absolute Gasteiger partial charge is 0.120 e. The van der Waals surface area contributed by atoms with Gasteiger partial charge in [0.2, 0.25) is 0 Å². The third-order valence-electron chi connectivity index (χ3n) is 2.76. The largest absolute Gasteiger partial charge is 0.489 e. The van der Waals surface area contributed by atoms with Crippen molar-refractivity contribution in [1.82, 2.24) is 9.78 Å². The van der Waals surface area contributed by atoms with Crippen LogP contribution in [0.4, 0.5) is 0 Å². The molecule has 0 spiro atoms. The van der Waals surface area contributed by atoms with Crippen LogP contribution in [0.15, 0.2) is 36.7 Å². The summed E-state index contributed by atoms with van der Waals surface area (Å²) in [5.74, 6) is 0.762. The molecule has 1 atom stereocenters. The zero-order valence-corrected chi connectivity index (χ0v) is 10.7. The summed E-state index contributed by atoms with van der Waals surface area (Å²) in [4.78, 5) is 0. The van der Waals surface area contributed by atoms with Crippen LogP contribution in [-0.2, 0) is 13.2 Å². The quantitative estimate of drug-likeness (QED) is 0.882. The molecule has 0 aliphatic rings. The van der Waals surface area contributed by atoms with Gasteiger partial charge in [0.1, 0.15) is 12.4 Å². The van der Waals surface area contributed by atoms with E-state index in [0.717, 1.165) is 23.4 Å². The molecule has 4 heteroatoms. The lowest BCUT2D eigenvalue weighted by atomic mass is 10.1. The molecule has 0 aliphatic heterocycles. The second-order valence-electron chi connectivity index (χ2n) is 4.24. The van der Waals surface area contributed by atoms with Crippen molar-refractivity contribution in [2.24, 2.45) is 0 Å². The maximum atomic E-state index is 9.50. The van der Waals surface area contributed by atoms with Crippen LogP contribution in [0.5, 0.6) is 5.75 Å². The van der Waals surface area contributed by atoms with E-state index in [2.05, 4.69) is 5.10 Å². The van der Waals surface area contributed by atoms with Crippen LogP contribution in [0.2, 0.25) is 0 Å². The maximum Gasteiger partial charge on any atom is 0.120 e. The van der Waals surface area contributed by atoms with E-state index in [0.29, 0.717) is 6.61 Å². The molecule has 0 radical (unpaired) electrons. The first-order valence-electron chi connectivity index (χ1n) is 6.11. The van der Waals surface area contributed by atoms with Crippen molar-refractivity contribution in [3.63, 3.8) is 0 Å². The fourth-order valence-corrected chi connectivity index (χ4v) is 1.68. The fourth-order valence-electron chi connectivity index (χ4n) is 1.68. The van der Waals surface area contributed by atoms with Gasteiger partial charge in [0.25, 0.3) is 0 Å². The van der Waals surface area contributed by atoms with E-state index in [9.17, 15) is 5.11 Å². The number of nitrogens with zero attached hydrogens (tertiary/aromatic N) is 2. The number of rotatable bonds is 5. The topological polar surface area (TPSA) is 47.3 Å². The number of aromatic nitrogens is 2. The van der Waals surface area contributed by atoms with E-state index in [1.165, 1.54) is 0 Å². The van der Waals surface area contributed by atoms with Gasteiger partial charge in [-0.2, -0.15) is 5.10 Å². The number of benzene rings is 1. The summed E-state index contributed by atoms with van der Waals surface area (Å²) < 4.78 is 7.54. The van der Waals surface area contributed by atoms with Crippen molar-refractivity contribution in [3.8, 4) is 5.75 Å². The van der Waals surface area contributed by atoms with Crippen molar-refractivity contribution < 1.29 is 9.84 Å². The lowest BCUT2D eigenvalue weighted by Crippen LogP contribution is -1.97. The second kappa shape index (κ2) is 5.69. The molecule has 1 aromatic heterocycles. The number of hydrogen-bond acceptors (Lipinski definition) is 3. The average molecular weight is 246 g/mol. The highest BCUT2D eigenvalue weighted by molar-refractivity contribution is 5.29. The van der Waals surface area contributed by atoms with Gasteiger partial charge in [-0.15, -0.1) is 0 Å². The van der Waals surface area contributed by atoms with Gasteiger partial charge in [0.05, 0.1) is 12.3 Å². The molecule has 1 unspecified atom stereocenters. The molecular weight excluding hydrogens is 228 g/mol. The Hall–Kier alpha value is -1.81. The summed E-state index contributed by atoms with van der Waals surface area (Å²) in [5.41, 5.74) is 1.90. The monoisotopic (exact) mass is 246 g/mol. The van der Waals surface area contributed by atoms with Crippen LogP contribution in [-0.4, -0.2) is 14.9 Å². The SMILES string of the molecule is CCn1cc(COc2cccc(C(C)O)c2)cn1. The number of ether oxygens (including phenoxy) is 1. The number of hydrogen-bond donors (Lipinski definition) is 1. The Morgan fingerprint density at radius 2 is 2.28 bits per heavy atom. The zero-order valence-electron chi connectivity index (χ0n) is 10.7. The molecule has 0 fully saturated rings. The highest BCUT2D eigenvalue weighted by Crippen LogP contribution is 2.19. The maximum absolute atomic E-state index is 9.50. The first kappa shape index (κ1) is 12.6. The number of aliphatic hydroxyl groups is 1. The molecule has 0 saturated carbocycles. The van der Waals surface area contributed by atoms with Crippen LogP contribution in [0.1, 0.15) is 31.1 Å². The van der Waals surface area contributed by atoms with E-state index in [4.69, 9.17) is 4.74 Å². The fraction of sp³-hybridized carbons (Fsp3) is 0.357. The van der Waals surface area contributed by atoms with Gasteiger partial charge in [-0.3, -0.25) is 4.68 Å². The lowest BCUT2D eigenvalue weighted by molar-refractivity contribution is 0.198. The van der Waals surface area contributed by atoms with Gasteiger partial charge in [0, 0.05) is 18.3 Å². The molecule has 1 heterocycles. The predicted octanol–water partition coefficient (Wildman–Crippen LogP) is 2.54. The summed E-state index contributed by atoms with van der Waals surface area (Å²) in [6.07, 6.45) is 3.30. The molecule has 0 amide bonds. The van der Waals surface area contributed by atoms with Crippen LogP contribution >= 0.6 is 0 Å². The van der Waals surface area contributed by atoms with Crippen molar-refractivity contribution in [3.05, 3.63) is 47.8 Å². The summed E-state index contributed by atoms with van der Waals surface area (Å²) in [7, 11) is 0. The second-order valence-corrected chi connectivity index (χ2v) is 4.24. The lowest BCUT2D eigenvalue weighted by Gasteiger charge is -2.08. The van der Waals surface area contributed by atoms with Crippen LogP contribution < -0.4 is 4.74 Å². The van der Waals surface area contributed by atoms with Crippen LogP contribution in [0.25, 0.3) is 0 Å². The zero-order chi connectivity index (χ0) is 13.0. The van der Waals surface area contributed by atoms with Crippen molar-refractivity contribution in [2.75, 3.05) is 0 Å². The predicted molar refractivity (Wildman–Crippen MR) is 69.3 cm³/mol. The van der Waals surface area contributed by atoms with Gasteiger partial charge in [0.15, 0.2) is 0 Å². The van der Waals surface area contributed by atoms with Gasteiger partial charge in [-0.05, 0) is 31.5 Å². The molecule has 4 nitrogen and oxygen atoms in total. The molecule has 2 aromatic rings. The van der Waals surface area contributed by atoms with Gasteiger partial charge in [-0.25, -0.2) is 0 Å². The third kappa shape index (κ3) is 3.11. The minimum absolute atomic E-state index is 0.476. The van der Waals surface area contributed by atoms with E-state index in [-0.39, 0.29) is 0 Å². The molecule has 2 rings (SSSR count). The Kier molecular flexibility index (Phi) is 3.99. The molecule has 1 aromatic carbocycles. The first-order chi connectivity index (χ1) is 8.69.